The fourth-order valence-corrected chi connectivity index (χ4v) is 6.91. The Morgan fingerprint density at radius 1 is 1.00 bits per heavy atom. The first-order valence-electron chi connectivity index (χ1n) is 14.5. The number of aliphatic hydroxyl groups excluding tert-OH is 1. The molecule has 0 radical (unpaired) electrons. The van der Waals surface area contributed by atoms with Gasteiger partial charge in [0.05, 0.1) is 18.2 Å². The van der Waals surface area contributed by atoms with Gasteiger partial charge in [-0.25, -0.2) is 0 Å². The van der Waals surface area contributed by atoms with E-state index in [-0.39, 0.29) is 16.5 Å². The number of nitrogens with zero attached hydrogens (tertiary/aromatic N) is 3. The Bertz CT molecular complexity index is 1690. The zero-order valence-corrected chi connectivity index (χ0v) is 25.7. The van der Waals surface area contributed by atoms with Gasteiger partial charge in [-0.05, 0) is 47.9 Å². The molecule has 9 nitrogen and oxygen atoms in total. The summed E-state index contributed by atoms with van der Waals surface area (Å²) in [6.45, 7) is 3.47. The van der Waals surface area contributed by atoms with E-state index in [2.05, 4.69) is 17.1 Å². The van der Waals surface area contributed by atoms with Crippen LogP contribution in [0.3, 0.4) is 0 Å². The number of carbonyl (C=O) groups is 2. The maximum atomic E-state index is 13.7. The number of anilines is 1. The van der Waals surface area contributed by atoms with E-state index in [1.165, 1.54) is 28.0 Å². The summed E-state index contributed by atoms with van der Waals surface area (Å²) in [5.41, 5.74) is 2.01. The van der Waals surface area contributed by atoms with Gasteiger partial charge in [0, 0.05) is 11.3 Å². The van der Waals surface area contributed by atoms with E-state index >= 15 is 0 Å². The quantitative estimate of drug-likeness (QED) is 0.0478. The summed E-state index contributed by atoms with van der Waals surface area (Å²) in [5.74, 6) is 0.374. The Labute approximate surface area is 263 Å². The molecule has 3 heterocycles. The van der Waals surface area contributed by atoms with Crippen molar-refractivity contribution < 1.29 is 28.9 Å². The van der Waals surface area contributed by atoms with Gasteiger partial charge in [-0.2, -0.15) is 0 Å². The van der Waals surface area contributed by atoms with Gasteiger partial charge in [0.25, 0.3) is 5.78 Å². The van der Waals surface area contributed by atoms with Crippen molar-refractivity contribution in [2.75, 3.05) is 24.7 Å². The molecule has 44 heavy (non-hydrogen) atoms. The van der Waals surface area contributed by atoms with Crippen molar-refractivity contribution in [3.8, 4) is 17.2 Å². The predicted molar refractivity (Wildman–Crippen MR) is 170 cm³/mol. The van der Waals surface area contributed by atoms with Gasteiger partial charge in [-0.1, -0.05) is 85.3 Å². The van der Waals surface area contributed by atoms with Crippen LogP contribution in [0.1, 0.15) is 48.9 Å². The Kier molecular flexibility index (Phi) is 9.13. The molecule has 3 aromatic carbocycles. The molecule has 0 bridgehead atoms. The Hall–Kier alpha value is -4.35. The highest BCUT2D eigenvalue weighted by Gasteiger charge is 2.48. The van der Waals surface area contributed by atoms with Crippen LogP contribution in [0.2, 0.25) is 0 Å². The van der Waals surface area contributed by atoms with Gasteiger partial charge >= 0.3 is 5.91 Å². The lowest BCUT2D eigenvalue weighted by Gasteiger charge is -2.23. The number of rotatable bonds is 11. The average Bonchev–Trinajstić information content (AvgIpc) is 3.63. The van der Waals surface area contributed by atoms with Crippen molar-refractivity contribution in [2.24, 2.45) is 0 Å². The summed E-state index contributed by atoms with van der Waals surface area (Å²) in [6, 6.07) is 21.2. The molecule has 1 atom stereocenters. The molecular formula is C33H31N3O6S2. The van der Waals surface area contributed by atoms with E-state index in [1.807, 2.05) is 48.5 Å². The number of thioether (sulfide) groups is 1. The average molecular weight is 630 g/mol. The lowest BCUT2D eigenvalue weighted by Crippen LogP contribution is -2.29. The van der Waals surface area contributed by atoms with Crippen molar-refractivity contribution in [3.63, 3.8) is 0 Å². The van der Waals surface area contributed by atoms with Crippen LogP contribution in [0.4, 0.5) is 5.13 Å². The number of benzene rings is 3. The summed E-state index contributed by atoms with van der Waals surface area (Å²) in [7, 11) is 0. The van der Waals surface area contributed by atoms with Crippen LogP contribution in [0.15, 0.2) is 82.7 Å². The monoisotopic (exact) mass is 629 g/mol. The first-order valence-corrected chi connectivity index (χ1v) is 16.3. The minimum absolute atomic E-state index is 0.0523. The molecule has 0 aliphatic carbocycles. The van der Waals surface area contributed by atoms with Gasteiger partial charge in [0.1, 0.15) is 24.7 Å². The summed E-state index contributed by atoms with van der Waals surface area (Å²) in [4.78, 5) is 28.7. The number of hydrogen-bond acceptors (Lipinski definition) is 10. The number of fused-ring (bicyclic) bond motifs is 1. The number of hydrogen-bond donors (Lipinski definition) is 1. The SMILES string of the molecule is CCCCCOc1cccc(C2/C(=C(\O)c3ccc4c(c3)OCCO4)C(=O)C(=O)N2c2nnc(SCc3ccccc3)s2)c1. The van der Waals surface area contributed by atoms with Gasteiger partial charge in [0.15, 0.2) is 15.8 Å². The van der Waals surface area contributed by atoms with Crippen LogP contribution in [-0.2, 0) is 15.3 Å². The van der Waals surface area contributed by atoms with Gasteiger partial charge in [-0.15, -0.1) is 10.2 Å². The number of aliphatic hydroxyl groups is 1. The van der Waals surface area contributed by atoms with E-state index in [4.69, 9.17) is 14.2 Å². The molecule has 2 aliphatic heterocycles. The van der Waals surface area contributed by atoms with Crippen LogP contribution in [0, 0.1) is 0 Å². The fourth-order valence-electron chi connectivity index (χ4n) is 5.09. The molecule has 4 aromatic rings. The van der Waals surface area contributed by atoms with Crippen LogP contribution >= 0.6 is 23.1 Å². The van der Waals surface area contributed by atoms with Crippen molar-refractivity contribution in [1.29, 1.82) is 0 Å². The van der Waals surface area contributed by atoms with E-state index in [1.54, 1.807) is 24.3 Å². The highest BCUT2D eigenvalue weighted by molar-refractivity contribution is 8.00. The molecule has 1 saturated heterocycles. The highest BCUT2D eigenvalue weighted by atomic mass is 32.2. The minimum atomic E-state index is -0.956. The Balaban J connectivity index is 1.38. The number of carbonyl (C=O) groups excluding carboxylic acids is 2. The number of Topliss-reactive ketones (excluding diaryl/α,β-unsaturated/α-hetero) is 1. The van der Waals surface area contributed by atoms with Crippen molar-refractivity contribution in [2.45, 2.75) is 42.3 Å². The van der Waals surface area contributed by atoms with Gasteiger partial charge in [0.2, 0.25) is 5.13 Å². The maximum absolute atomic E-state index is 13.7. The van der Waals surface area contributed by atoms with Crippen LogP contribution in [0.5, 0.6) is 17.2 Å². The van der Waals surface area contributed by atoms with E-state index < -0.39 is 17.7 Å². The second-order valence-electron chi connectivity index (χ2n) is 10.3. The van der Waals surface area contributed by atoms with Gasteiger partial charge < -0.3 is 19.3 Å². The molecule has 2 aliphatic rings. The molecule has 0 spiro atoms. The van der Waals surface area contributed by atoms with Crippen molar-refractivity contribution in [3.05, 3.63) is 95.1 Å². The number of unbranched alkanes of at least 4 members (excludes halogenated alkanes) is 2. The molecular weight excluding hydrogens is 599 g/mol. The predicted octanol–water partition coefficient (Wildman–Crippen LogP) is 6.80. The van der Waals surface area contributed by atoms with Crippen LogP contribution < -0.4 is 19.1 Å². The number of ketones is 1. The molecule has 1 N–H and O–H groups in total. The zero-order valence-electron chi connectivity index (χ0n) is 24.1. The summed E-state index contributed by atoms with van der Waals surface area (Å²) >= 11 is 2.73. The van der Waals surface area contributed by atoms with Crippen molar-refractivity contribution >= 4 is 45.7 Å². The maximum Gasteiger partial charge on any atom is 0.301 e. The lowest BCUT2D eigenvalue weighted by molar-refractivity contribution is -0.132. The standard InChI is InChI=1S/C33H31N3O6S2/c1-2-3-7-15-40-24-12-8-11-22(18-24)28-27(29(37)23-13-14-25-26(19-23)42-17-16-41-25)30(38)31(39)36(28)32-34-35-33(44-32)43-20-21-9-5-4-6-10-21/h4-6,8-14,18-19,28,37H,2-3,7,15-17,20H2,1H3/b29-27+. The van der Waals surface area contributed by atoms with Crippen LogP contribution in [-0.4, -0.2) is 46.8 Å². The molecule has 226 valence electrons. The van der Waals surface area contributed by atoms with E-state index in [9.17, 15) is 14.7 Å². The second kappa shape index (κ2) is 13.5. The molecule has 1 fully saturated rings. The third-order valence-electron chi connectivity index (χ3n) is 7.26. The molecule has 1 amide bonds. The Morgan fingerprint density at radius 2 is 1.82 bits per heavy atom. The number of aromatic nitrogens is 2. The first kappa shape index (κ1) is 29.7. The fraction of sp³-hybridized carbons (Fsp3) is 0.273. The Morgan fingerprint density at radius 3 is 2.64 bits per heavy atom. The second-order valence-corrected chi connectivity index (χ2v) is 12.5. The molecule has 1 aromatic heterocycles. The normalized spacial score (nSPS) is 17.2. The largest absolute Gasteiger partial charge is 0.507 e. The smallest absolute Gasteiger partial charge is 0.301 e. The first-order chi connectivity index (χ1) is 21.5. The summed E-state index contributed by atoms with van der Waals surface area (Å²) < 4.78 is 18.0. The third-order valence-corrected chi connectivity index (χ3v) is 9.38. The topological polar surface area (TPSA) is 111 Å². The van der Waals surface area contributed by atoms with E-state index in [0.29, 0.717) is 58.3 Å². The molecule has 1 unspecified atom stereocenters. The van der Waals surface area contributed by atoms with Crippen molar-refractivity contribution in [1.82, 2.24) is 10.2 Å². The molecule has 11 heteroatoms. The summed E-state index contributed by atoms with van der Waals surface area (Å²) in [5, 5.41) is 20.5. The minimum Gasteiger partial charge on any atom is -0.507 e. The van der Waals surface area contributed by atoms with Crippen LogP contribution in [0.25, 0.3) is 5.76 Å². The van der Waals surface area contributed by atoms with Gasteiger partial charge in [-0.3, -0.25) is 14.5 Å². The molecule has 6 rings (SSSR count). The summed E-state index contributed by atoms with van der Waals surface area (Å²) in [6.07, 6.45) is 3.04. The number of ether oxygens (including phenoxy) is 3. The third kappa shape index (κ3) is 6.29. The highest BCUT2D eigenvalue weighted by Crippen LogP contribution is 2.45. The zero-order chi connectivity index (χ0) is 30.5. The lowest BCUT2D eigenvalue weighted by atomic mass is 9.95. The molecule has 0 saturated carbocycles. The van der Waals surface area contributed by atoms with E-state index in [0.717, 1.165) is 24.8 Å². The number of amides is 1.